The lowest BCUT2D eigenvalue weighted by Crippen LogP contribution is -2.32. The number of ether oxygens (including phenoxy) is 2. The lowest BCUT2D eigenvalue weighted by molar-refractivity contribution is -0.124. The molecule has 1 aliphatic rings. The highest BCUT2D eigenvalue weighted by Crippen LogP contribution is 2.26. The summed E-state index contributed by atoms with van der Waals surface area (Å²) >= 11 is 0. The van der Waals surface area contributed by atoms with Gasteiger partial charge in [-0.3, -0.25) is 9.36 Å². The number of nitrogens with one attached hydrogen (secondary N) is 1. The molecule has 0 aliphatic heterocycles. The van der Waals surface area contributed by atoms with Gasteiger partial charge in [0.25, 0.3) is 6.01 Å². The van der Waals surface area contributed by atoms with Crippen molar-refractivity contribution in [3.8, 4) is 11.8 Å². The molecule has 1 aromatic carbocycles. The minimum Gasteiger partial charge on any atom is -0.497 e. The van der Waals surface area contributed by atoms with Crippen LogP contribution < -0.4 is 14.8 Å². The zero-order chi connectivity index (χ0) is 16.9. The number of nitrogens with zero attached hydrogens (tertiary/aromatic N) is 2. The van der Waals surface area contributed by atoms with Gasteiger partial charge in [0.05, 0.1) is 24.8 Å². The second-order valence-corrected chi connectivity index (χ2v) is 6.11. The van der Waals surface area contributed by atoms with E-state index in [1.165, 1.54) is 12.8 Å². The van der Waals surface area contributed by atoms with Crippen LogP contribution in [0.4, 0.5) is 0 Å². The summed E-state index contributed by atoms with van der Waals surface area (Å²) in [4.78, 5) is 16.7. The van der Waals surface area contributed by atoms with Gasteiger partial charge in [-0.2, -0.15) is 4.98 Å². The first-order chi connectivity index (χ1) is 11.7. The van der Waals surface area contributed by atoms with Gasteiger partial charge in [0.15, 0.2) is 0 Å². The maximum absolute atomic E-state index is 12.2. The van der Waals surface area contributed by atoms with Gasteiger partial charge in [0.2, 0.25) is 5.91 Å². The predicted octanol–water partition coefficient (Wildman–Crippen LogP) is 2.75. The summed E-state index contributed by atoms with van der Waals surface area (Å²) in [6, 6.07) is 6.33. The summed E-state index contributed by atoms with van der Waals surface area (Å²) in [5, 5.41) is 3.05. The standard InChI is InChI=1S/C18H25N3O3/c1-3-24-18-20-15-9-8-14(23-2)12-16(15)21(18)11-10-19-17(22)13-6-4-5-7-13/h8-9,12-13H,3-7,10-11H2,1-2H3,(H,19,22). The Hall–Kier alpha value is -2.24. The van der Waals surface area contributed by atoms with Gasteiger partial charge in [0.1, 0.15) is 5.75 Å². The Morgan fingerprint density at radius 2 is 2.17 bits per heavy atom. The van der Waals surface area contributed by atoms with Gasteiger partial charge in [-0.25, -0.2) is 0 Å². The number of carbonyl (C=O) groups is 1. The molecule has 6 nitrogen and oxygen atoms in total. The molecule has 1 aliphatic carbocycles. The van der Waals surface area contributed by atoms with Gasteiger partial charge in [-0.05, 0) is 31.9 Å². The van der Waals surface area contributed by atoms with E-state index in [4.69, 9.17) is 9.47 Å². The van der Waals surface area contributed by atoms with E-state index in [0.29, 0.717) is 25.7 Å². The first-order valence-electron chi connectivity index (χ1n) is 8.67. The molecule has 0 unspecified atom stereocenters. The number of hydrogen-bond acceptors (Lipinski definition) is 4. The molecule has 1 heterocycles. The Balaban J connectivity index is 1.73. The highest BCUT2D eigenvalue weighted by Gasteiger charge is 2.22. The molecule has 0 bridgehead atoms. The lowest BCUT2D eigenvalue weighted by atomic mass is 10.1. The molecule has 0 atom stereocenters. The van der Waals surface area contributed by atoms with Crippen molar-refractivity contribution >= 4 is 16.9 Å². The van der Waals surface area contributed by atoms with E-state index in [-0.39, 0.29) is 11.8 Å². The monoisotopic (exact) mass is 331 g/mol. The summed E-state index contributed by atoms with van der Waals surface area (Å²) < 4.78 is 13.0. The van der Waals surface area contributed by atoms with E-state index >= 15 is 0 Å². The molecular weight excluding hydrogens is 306 g/mol. The predicted molar refractivity (Wildman–Crippen MR) is 92.4 cm³/mol. The number of amides is 1. The third-order valence-corrected chi connectivity index (χ3v) is 4.55. The van der Waals surface area contributed by atoms with Crippen molar-refractivity contribution in [1.82, 2.24) is 14.9 Å². The lowest BCUT2D eigenvalue weighted by Gasteiger charge is -2.13. The van der Waals surface area contributed by atoms with E-state index in [9.17, 15) is 4.79 Å². The molecule has 24 heavy (non-hydrogen) atoms. The Kier molecular flexibility index (Phi) is 5.23. The first-order valence-corrected chi connectivity index (χ1v) is 8.67. The SMILES string of the molecule is CCOc1nc2ccc(OC)cc2n1CCNC(=O)C1CCCC1. The fraction of sp³-hybridized carbons (Fsp3) is 0.556. The maximum atomic E-state index is 12.2. The second-order valence-electron chi connectivity index (χ2n) is 6.11. The van der Waals surface area contributed by atoms with Gasteiger partial charge in [-0.1, -0.05) is 12.8 Å². The first kappa shape index (κ1) is 16.6. The van der Waals surface area contributed by atoms with Crippen molar-refractivity contribution in [1.29, 1.82) is 0 Å². The highest BCUT2D eigenvalue weighted by atomic mass is 16.5. The summed E-state index contributed by atoms with van der Waals surface area (Å²) in [5.41, 5.74) is 1.81. The molecule has 0 spiro atoms. The normalized spacial score (nSPS) is 14.9. The van der Waals surface area contributed by atoms with Crippen LogP contribution >= 0.6 is 0 Å². The van der Waals surface area contributed by atoms with Crippen molar-refractivity contribution in [2.75, 3.05) is 20.3 Å². The van der Waals surface area contributed by atoms with Crippen molar-refractivity contribution in [2.24, 2.45) is 5.92 Å². The highest BCUT2D eigenvalue weighted by molar-refractivity contribution is 5.79. The molecule has 2 aromatic rings. The fourth-order valence-electron chi connectivity index (χ4n) is 3.29. The Bertz CT molecular complexity index is 705. The quantitative estimate of drug-likeness (QED) is 0.847. The zero-order valence-electron chi connectivity index (χ0n) is 14.4. The fourth-order valence-corrected chi connectivity index (χ4v) is 3.29. The number of benzene rings is 1. The molecule has 1 aromatic heterocycles. The molecule has 1 N–H and O–H groups in total. The number of carbonyl (C=O) groups excluding carboxylic acids is 1. The van der Waals surface area contributed by atoms with E-state index in [2.05, 4.69) is 10.3 Å². The molecule has 0 radical (unpaired) electrons. The van der Waals surface area contributed by atoms with Crippen LogP contribution in [0, 0.1) is 5.92 Å². The Morgan fingerprint density at radius 3 is 2.88 bits per heavy atom. The molecule has 3 rings (SSSR count). The average Bonchev–Trinajstić information content (AvgIpc) is 3.23. The van der Waals surface area contributed by atoms with Crippen molar-refractivity contribution in [2.45, 2.75) is 39.2 Å². The minimum absolute atomic E-state index is 0.174. The van der Waals surface area contributed by atoms with Crippen molar-refractivity contribution in [3.63, 3.8) is 0 Å². The van der Waals surface area contributed by atoms with Crippen LogP contribution in [-0.2, 0) is 11.3 Å². The van der Waals surface area contributed by atoms with E-state index in [1.54, 1.807) is 7.11 Å². The Morgan fingerprint density at radius 1 is 1.38 bits per heavy atom. The molecular formula is C18H25N3O3. The average molecular weight is 331 g/mol. The molecule has 130 valence electrons. The van der Waals surface area contributed by atoms with E-state index < -0.39 is 0 Å². The van der Waals surface area contributed by atoms with Gasteiger partial charge < -0.3 is 14.8 Å². The Labute approximate surface area is 142 Å². The maximum Gasteiger partial charge on any atom is 0.297 e. The van der Waals surface area contributed by atoms with Crippen LogP contribution in [0.3, 0.4) is 0 Å². The number of imidazole rings is 1. The van der Waals surface area contributed by atoms with E-state index in [1.807, 2.05) is 29.7 Å². The summed E-state index contributed by atoms with van der Waals surface area (Å²) in [5.74, 6) is 1.14. The van der Waals surface area contributed by atoms with Gasteiger partial charge in [0, 0.05) is 25.1 Å². The van der Waals surface area contributed by atoms with Gasteiger partial charge >= 0.3 is 0 Å². The van der Waals surface area contributed by atoms with Crippen molar-refractivity contribution < 1.29 is 14.3 Å². The molecule has 1 amide bonds. The van der Waals surface area contributed by atoms with Crippen LogP contribution in [0.2, 0.25) is 0 Å². The zero-order valence-corrected chi connectivity index (χ0v) is 14.4. The van der Waals surface area contributed by atoms with Crippen LogP contribution in [0.5, 0.6) is 11.8 Å². The molecule has 0 saturated heterocycles. The second kappa shape index (κ2) is 7.55. The van der Waals surface area contributed by atoms with E-state index in [0.717, 1.165) is 29.6 Å². The number of aromatic nitrogens is 2. The van der Waals surface area contributed by atoms with Crippen molar-refractivity contribution in [3.05, 3.63) is 18.2 Å². The number of hydrogen-bond donors (Lipinski definition) is 1. The summed E-state index contributed by atoms with van der Waals surface area (Å²) in [6.07, 6.45) is 4.36. The molecule has 1 fully saturated rings. The van der Waals surface area contributed by atoms with Crippen LogP contribution in [-0.4, -0.2) is 35.7 Å². The van der Waals surface area contributed by atoms with Gasteiger partial charge in [-0.15, -0.1) is 0 Å². The number of methoxy groups -OCH3 is 1. The summed E-state index contributed by atoms with van der Waals surface area (Å²) in [7, 11) is 1.65. The third kappa shape index (κ3) is 3.47. The molecule has 1 saturated carbocycles. The number of rotatable bonds is 7. The van der Waals surface area contributed by atoms with Crippen LogP contribution in [0.1, 0.15) is 32.6 Å². The summed E-state index contributed by atoms with van der Waals surface area (Å²) in [6.45, 7) is 3.68. The third-order valence-electron chi connectivity index (χ3n) is 4.55. The topological polar surface area (TPSA) is 65.4 Å². The smallest absolute Gasteiger partial charge is 0.297 e. The van der Waals surface area contributed by atoms with Crippen LogP contribution in [0.25, 0.3) is 11.0 Å². The largest absolute Gasteiger partial charge is 0.497 e. The minimum atomic E-state index is 0.174. The van der Waals surface area contributed by atoms with Crippen LogP contribution in [0.15, 0.2) is 18.2 Å². The number of fused-ring (bicyclic) bond motifs is 1. The molecule has 6 heteroatoms.